The second-order valence-electron chi connectivity index (χ2n) is 4.49. The summed E-state index contributed by atoms with van der Waals surface area (Å²) in [5.74, 6) is -0.449. The minimum atomic E-state index is -0.183. The number of hydrogen-bond acceptors (Lipinski definition) is 3. The van der Waals surface area contributed by atoms with E-state index >= 15 is 0 Å². The van der Waals surface area contributed by atoms with Gasteiger partial charge in [0.15, 0.2) is 5.75 Å². The van der Waals surface area contributed by atoms with Crippen LogP contribution >= 0.6 is 23.2 Å². The lowest BCUT2D eigenvalue weighted by molar-refractivity contribution is -0.121. The number of phenolic OH excluding ortho intramolecular Hbond substituents is 1. The first-order valence-corrected chi connectivity index (χ1v) is 6.89. The third-order valence-corrected chi connectivity index (χ3v) is 3.81. The minimum Gasteiger partial charge on any atom is -0.505 e. The predicted octanol–water partition coefficient (Wildman–Crippen LogP) is 3.45. The monoisotopic (exact) mass is 303 g/mol. The molecular weight excluding hydrogens is 289 g/mol. The van der Waals surface area contributed by atoms with Crippen LogP contribution in [0.3, 0.4) is 0 Å². The molecule has 4 nitrogen and oxygen atoms in total. The summed E-state index contributed by atoms with van der Waals surface area (Å²) in [6, 6.07) is 2.94. The molecule has 1 aliphatic rings. The third-order valence-electron chi connectivity index (χ3n) is 3.23. The molecule has 104 valence electrons. The summed E-state index contributed by atoms with van der Waals surface area (Å²) >= 11 is 11.6. The number of ether oxygens (including phenoxy) is 1. The lowest BCUT2D eigenvalue weighted by Crippen LogP contribution is -2.29. The number of anilines is 1. The van der Waals surface area contributed by atoms with E-state index in [2.05, 4.69) is 5.32 Å². The molecule has 2 rings (SSSR count). The normalized spacial score (nSPS) is 22.5. The highest BCUT2D eigenvalue weighted by Crippen LogP contribution is 2.35. The number of phenols is 1. The molecule has 1 amide bonds. The number of benzene rings is 1. The molecule has 19 heavy (non-hydrogen) atoms. The Hall–Kier alpha value is -0.970. The summed E-state index contributed by atoms with van der Waals surface area (Å²) in [4.78, 5) is 12.2. The fourth-order valence-corrected chi connectivity index (χ4v) is 2.71. The smallest absolute Gasteiger partial charge is 0.230 e. The van der Waals surface area contributed by atoms with E-state index in [1.54, 1.807) is 0 Å². The topological polar surface area (TPSA) is 58.6 Å². The van der Waals surface area contributed by atoms with E-state index in [-0.39, 0.29) is 33.7 Å². The molecule has 1 aliphatic heterocycles. The maximum atomic E-state index is 12.2. The minimum absolute atomic E-state index is 0.0388. The zero-order valence-electron chi connectivity index (χ0n) is 10.5. The predicted molar refractivity (Wildman–Crippen MR) is 74.9 cm³/mol. The van der Waals surface area contributed by atoms with Gasteiger partial charge < -0.3 is 15.2 Å². The molecule has 0 aliphatic carbocycles. The summed E-state index contributed by atoms with van der Waals surface area (Å²) in [5.41, 5.74) is 0.472. The van der Waals surface area contributed by atoms with Gasteiger partial charge in [0, 0.05) is 12.3 Å². The Balaban J connectivity index is 2.11. The van der Waals surface area contributed by atoms with Crippen LogP contribution in [0.5, 0.6) is 5.75 Å². The van der Waals surface area contributed by atoms with Crippen molar-refractivity contribution in [1.82, 2.24) is 0 Å². The van der Waals surface area contributed by atoms with Gasteiger partial charge in [-0.15, -0.1) is 0 Å². The van der Waals surface area contributed by atoms with Gasteiger partial charge in [0.05, 0.1) is 22.1 Å². The maximum absolute atomic E-state index is 12.2. The molecule has 2 unspecified atom stereocenters. The molecule has 2 N–H and O–H groups in total. The Morgan fingerprint density at radius 1 is 1.47 bits per heavy atom. The first-order chi connectivity index (χ1) is 9.02. The van der Waals surface area contributed by atoms with E-state index in [9.17, 15) is 9.90 Å². The van der Waals surface area contributed by atoms with Crippen molar-refractivity contribution in [2.24, 2.45) is 5.92 Å². The first kappa shape index (κ1) is 14.4. The molecule has 1 aromatic carbocycles. The van der Waals surface area contributed by atoms with Crippen LogP contribution in [0.25, 0.3) is 0 Å². The largest absolute Gasteiger partial charge is 0.505 e. The van der Waals surface area contributed by atoms with Crippen LogP contribution in [0.4, 0.5) is 5.69 Å². The van der Waals surface area contributed by atoms with Gasteiger partial charge in [0.2, 0.25) is 5.91 Å². The molecule has 0 spiro atoms. The Morgan fingerprint density at radius 2 is 2.11 bits per heavy atom. The highest BCUT2D eigenvalue weighted by atomic mass is 35.5. The summed E-state index contributed by atoms with van der Waals surface area (Å²) in [6.45, 7) is 2.60. The quantitative estimate of drug-likeness (QED) is 0.841. The molecule has 1 fully saturated rings. The van der Waals surface area contributed by atoms with Crippen LogP contribution in [0.2, 0.25) is 10.0 Å². The van der Waals surface area contributed by atoms with Crippen LogP contribution in [0.15, 0.2) is 12.1 Å². The molecule has 2 atom stereocenters. The van der Waals surface area contributed by atoms with Crippen LogP contribution in [-0.4, -0.2) is 23.7 Å². The molecular formula is C13H15Cl2NO3. The molecule has 0 saturated carbocycles. The molecule has 0 radical (unpaired) electrons. The number of rotatable bonds is 3. The van der Waals surface area contributed by atoms with E-state index in [0.29, 0.717) is 18.7 Å². The number of aromatic hydroxyl groups is 1. The van der Waals surface area contributed by atoms with Crippen LogP contribution < -0.4 is 5.32 Å². The van der Waals surface area contributed by atoms with E-state index in [0.717, 1.165) is 6.42 Å². The fourth-order valence-electron chi connectivity index (χ4n) is 2.22. The lowest BCUT2D eigenvalue weighted by Gasteiger charge is -2.16. The van der Waals surface area contributed by atoms with Gasteiger partial charge in [-0.2, -0.15) is 0 Å². The molecule has 1 saturated heterocycles. The van der Waals surface area contributed by atoms with E-state index in [4.69, 9.17) is 27.9 Å². The number of halogens is 2. The Kier molecular flexibility index (Phi) is 4.55. The SMILES string of the molecule is CCC1OCCC1C(=O)Nc1cc(Cl)c(O)c(Cl)c1. The third kappa shape index (κ3) is 3.14. The summed E-state index contributed by atoms with van der Waals surface area (Å²) in [6.07, 6.45) is 1.47. The van der Waals surface area contributed by atoms with Gasteiger partial charge in [-0.3, -0.25) is 4.79 Å². The number of carbonyl (C=O) groups is 1. The lowest BCUT2D eigenvalue weighted by atomic mass is 9.98. The summed E-state index contributed by atoms with van der Waals surface area (Å²) in [5, 5.41) is 12.4. The van der Waals surface area contributed by atoms with E-state index < -0.39 is 0 Å². The Bertz CT molecular complexity index is 470. The van der Waals surface area contributed by atoms with E-state index in [1.165, 1.54) is 12.1 Å². The van der Waals surface area contributed by atoms with Gasteiger partial charge >= 0.3 is 0 Å². The van der Waals surface area contributed by atoms with Crippen molar-refractivity contribution >= 4 is 34.8 Å². The maximum Gasteiger partial charge on any atom is 0.230 e. The fraction of sp³-hybridized carbons (Fsp3) is 0.462. The van der Waals surface area contributed by atoms with Gasteiger partial charge in [-0.25, -0.2) is 0 Å². The molecule has 0 aromatic heterocycles. The molecule has 6 heteroatoms. The van der Waals surface area contributed by atoms with Crippen LogP contribution in [0, 0.1) is 5.92 Å². The van der Waals surface area contributed by atoms with Crippen molar-refractivity contribution in [3.63, 3.8) is 0 Å². The second-order valence-corrected chi connectivity index (χ2v) is 5.30. The van der Waals surface area contributed by atoms with Crippen molar-refractivity contribution in [3.05, 3.63) is 22.2 Å². The number of amides is 1. The number of carbonyl (C=O) groups excluding carboxylic acids is 1. The van der Waals surface area contributed by atoms with Crippen molar-refractivity contribution in [1.29, 1.82) is 0 Å². The number of hydrogen-bond donors (Lipinski definition) is 2. The molecule has 1 aromatic rings. The van der Waals surface area contributed by atoms with Crippen LogP contribution in [-0.2, 0) is 9.53 Å². The van der Waals surface area contributed by atoms with Crippen molar-refractivity contribution in [3.8, 4) is 5.75 Å². The molecule has 0 bridgehead atoms. The average Bonchev–Trinajstić information content (AvgIpc) is 2.84. The number of nitrogens with one attached hydrogen (secondary N) is 1. The Labute approximate surface area is 121 Å². The summed E-state index contributed by atoms with van der Waals surface area (Å²) in [7, 11) is 0. The summed E-state index contributed by atoms with van der Waals surface area (Å²) < 4.78 is 5.49. The van der Waals surface area contributed by atoms with Crippen molar-refractivity contribution in [2.75, 3.05) is 11.9 Å². The zero-order valence-corrected chi connectivity index (χ0v) is 12.0. The first-order valence-electron chi connectivity index (χ1n) is 6.13. The van der Waals surface area contributed by atoms with Gasteiger partial charge in [-0.05, 0) is 25.0 Å². The van der Waals surface area contributed by atoms with Gasteiger partial charge in [-0.1, -0.05) is 30.1 Å². The molecule has 1 heterocycles. The van der Waals surface area contributed by atoms with E-state index in [1.807, 2.05) is 6.92 Å². The van der Waals surface area contributed by atoms with Gasteiger partial charge in [0.1, 0.15) is 0 Å². The average molecular weight is 304 g/mol. The van der Waals surface area contributed by atoms with Crippen molar-refractivity contribution < 1.29 is 14.6 Å². The standard InChI is InChI=1S/C13H15Cl2NO3/c1-2-11-8(3-4-19-11)13(18)16-7-5-9(14)12(17)10(15)6-7/h5-6,8,11,17H,2-4H2,1H3,(H,16,18). The highest BCUT2D eigenvalue weighted by molar-refractivity contribution is 6.37. The zero-order chi connectivity index (χ0) is 14.0. The highest BCUT2D eigenvalue weighted by Gasteiger charge is 2.32. The Morgan fingerprint density at radius 3 is 2.68 bits per heavy atom. The second kappa shape index (κ2) is 5.99. The van der Waals surface area contributed by atoms with Crippen molar-refractivity contribution in [2.45, 2.75) is 25.9 Å². The van der Waals surface area contributed by atoms with Crippen LogP contribution in [0.1, 0.15) is 19.8 Å². The van der Waals surface area contributed by atoms with Gasteiger partial charge in [0.25, 0.3) is 0 Å².